The van der Waals surface area contributed by atoms with Crippen LogP contribution in [0, 0.1) is 13.8 Å². The van der Waals surface area contributed by atoms with Gasteiger partial charge in [0.1, 0.15) is 0 Å². The van der Waals surface area contributed by atoms with Crippen molar-refractivity contribution < 1.29 is 0 Å². The third kappa shape index (κ3) is 4.34. The standard InChI is InChI=1S/C25H22N2S2/c1-17-10-9-15-21(18(17)2)23-22(19-11-5-3-6-12-19)16-29-24(23)27-25(28)26-20-13-7-4-8-14-20/h3-16,23H,1-2H3,(H,26,28)/b27-24-. The van der Waals surface area contributed by atoms with Gasteiger partial charge in [0.2, 0.25) is 0 Å². The summed E-state index contributed by atoms with van der Waals surface area (Å²) in [6, 6.07) is 27.0. The van der Waals surface area contributed by atoms with Gasteiger partial charge in [0.05, 0.1) is 11.0 Å². The van der Waals surface area contributed by atoms with Gasteiger partial charge in [-0.05, 0) is 71.4 Å². The van der Waals surface area contributed by atoms with Crippen molar-refractivity contribution in [3.63, 3.8) is 0 Å². The number of thioether (sulfide) groups is 1. The van der Waals surface area contributed by atoms with E-state index in [0.717, 1.165) is 10.7 Å². The minimum absolute atomic E-state index is 0.0813. The number of hydrogen-bond acceptors (Lipinski definition) is 2. The third-order valence-corrected chi connectivity index (χ3v) is 6.30. The third-order valence-electron chi connectivity index (χ3n) is 5.17. The molecule has 0 radical (unpaired) electrons. The van der Waals surface area contributed by atoms with Crippen LogP contribution in [0.15, 0.2) is 89.3 Å². The molecule has 1 atom stereocenters. The molecular weight excluding hydrogens is 392 g/mol. The van der Waals surface area contributed by atoms with Gasteiger partial charge in [0, 0.05) is 5.69 Å². The molecule has 0 saturated carbocycles. The zero-order valence-corrected chi connectivity index (χ0v) is 18.1. The van der Waals surface area contributed by atoms with E-state index in [4.69, 9.17) is 17.2 Å². The topological polar surface area (TPSA) is 24.4 Å². The van der Waals surface area contributed by atoms with Crippen LogP contribution in [0.5, 0.6) is 0 Å². The minimum Gasteiger partial charge on any atom is -0.331 e. The van der Waals surface area contributed by atoms with Crippen molar-refractivity contribution in [3.8, 4) is 0 Å². The summed E-state index contributed by atoms with van der Waals surface area (Å²) in [5.74, 6) is 0.0813. The summed E-state index contributed by atoms with van der Waals surface area (Å²) in [5, 5.41) is 6.93. The van der Waals surface area contributed by atoms with E-state index in [1.807, 2.05) is 36.4 Å². The molecule has 4 rings (SSSR count). The van der Waals surface area contributed by atoms with Crippen LogP contribution in [0.4, 0.5) is 5.69 Å². The van der Waals surface area contributed by atoms with E-state index < -0.39 is 0 Å². The number of anilines is 1. The molecule has 2 nitrogen and oxygen atoms in total. The predicted molar refractivity (Wildman–Crippen MR) is 131 cm³/mol. The normalized spacial score (nSPS) is 17.2. The molecule has 1 unspecified atom stereocenters. The van der Waals surface area contributed by atoms with E-state index in [9.17, 15) is 0 Å². The fourth-order valence-electron chi connectivity index (χ4n) is 3.51. The Morgan fingerprint density at radius 3 is 2.31 bits per heavy atom. The van der Waals surface area contributed by atoms with Crippen molar-refractivity contribution >= 4 is 45.4 Å². The van der Waals surface area contributed by atoms with Gasteiger partial charge in [0.15, 0.2) is 5.11 Å². The van der Waals surface area contributed by atoms with Crippen LogP contribution in [0.2, 0.25) is 0 Å². The number of aliphatic imine (C=N–C) groups is 1. The van der Waals surface area contributed by atoms with E-state index in [2.05, 4.69) is 67.0 Å². The number of aryl methyl sites for hydroxylation is 1. The van der Waals surface area contributed by atoms with Gasteiger partial charge in [0.25, 0.3) is 0 Å². The quantitative estimate of drug-likeness (QED) is 0.468. The van der Waals surface area contributed by atoms with Gasteiger partial charge in [-0.1, -0.05) is 78.5 Å². The highest BCUT2D eigenvalue weighted by Gasteiger charge is 2.31. The van der Waals surface area contributed by atoms with Crippen molar-refractivity contribution in [2.24, 2.45) is 4.99 Å². The lowest BCUT2D eigenvalue weighted by atomic mass is 9.85. The van der Waals surface area contributed by atoms with Crippen LogP contribution in [0.3, 0.4) is 0 Å². The molecule has 0 aliphatic carbocycles. The molecule has 0 spiro atoms. The van der Waals surface area contributed by atoms with Gasteiger partial charge < -0.3 is 5.32 Å². The lowest BCUT2D eigenvalue weighted by Gasteiger charge is -2.20. The molecule has 1 aliphatic heterocycles. The summed E-state index contributed by atoms with van der Waals surface area (Å²) in [6.07, 6.45) is 0. The Balaban J connectivity index is 1.72. The lowest BCUT2D eigenvalue weighted by Crippen LogP contribution is -2.14. The summed E-state index contributed by atoms with van der Waals surface area (Å²) in [4.78, 5) is 4.82. The van der Waals surface area contributed by atoms with Crippen molar-refractivity contribution in [3.05, 3.63) is 107 Å². The summed E-state index contributed by atoms with van der Waals surface area (Å²) in [5.41, 5.74) is 7.31. The SMILES string of the molecule is Cc1cccc(C2C(c3ccccc3)=CS/C2=N\C(=S)Nc2ccccc2)c1C. The Bertz CT molecular complexity index is 1090. The Morgan fingerprint density at radius 1 is 0.897 bits per heavy atom. The maximum Gasteiger partial charge on any atom is 0.198 e. The van der Waals surface area contributed by atoms with Gasteiger partial charge >= 0.3 is 0 Å². The molecule has 1 heterocycles. The molecule has 0 bridgehead atoms. The second-order valence-corrected chi connectivity index (χ2v) is 8.30. The Labute approximate surface area is 181 Å². The number of nitrogens with zero attached hydrogens (tertiary/aromatic N) is 1. The maximum absolute atomic E-state index is 5.55. The van der Waals surface area contributed by atoms with E-state index >= 15 is 0 Å². The molecule has 1 N–H and O–H groups in total. The maximum atomic E-state index is 5.55. The fraction of sp³-hybridized carbons (Fsp3) is 0.120. The molecule has 0 amide bonds. The molecule has 1 aliphatic rings. The molecule has 0 aromatic heterocycles. The zero-order valence-electron chi connectivity index (χ0n) is 16.4. The lowest BCUT2D eigenvalue weighted by molar-refractivity contribution is 1.13. The number of allylic oxidation sites excluding steroid dienone is 1. The number of nitrogens with one attached hydrogen (secondary N) is 1. The minimum atomic E-state index is 0.0813. The first-order valence-corrected chi connectivity index (χ1v) is 10.8. The van der Waals surface area contributed by atoms with Gasteiger partial charge in [-0.15, -0.1) is 0 Å². The number of hydrogen-bond donors (Lipinski definition) is 1. The van der Waals surface area contributed by atoms with Crippen LogP contribution in [-0.4, -0.2) is 10.2 Å². The zero-order chi connectivity index (χ0) is 20.2. The van der Waals surface area contributed by atoms with Crippen LogP contribution < -0.4 is 5.32 Å². The van der Waals surface area contributed by atoms with Crippen LogP contribution in [0.25, 0.3) is 5.57 Å². The second-order valence-electron chi connectivity index (χ2n) is 7.03. The van der Waals surface area contributed by atoms with Crippen molar-refractivity contribution in [1.82, 2.24) is 0 Å². The molecular formula is C25H22N2S2. The average molecular weight is 415 g/mol. The van der Waals surface area contributed by atoms with Crippen LogP contribution >= 0.6 is 24.0 Å². The van der Waals surface area contributed by atoms with Crippen LogP contribution in [0.1, 0.15) is 28.2 Å². The number of thiocarbonyl (C=S) groups is 1. The highest BCUT2D eigenvalue weighted by atomic mass is 32.2. The Hall–Kier alpha value is -2.69. The average Bonchev–Trinajstić information content (AvgIpc) is 3.14. The first-order valence-electron chi connectivity index (χ1n) is 9.56. The summed E-state index contributed by atoms with van der Waals surface area (Å²) in [6.45, 7) is 4.35. The molecule has 144 valence electrons. The smallest absolute Gasteiger partial charge is 0.198 e. The number of benzene rings is 3. The highest BCUT2D eigenvalue weighted by Crippen LogP contribution is 2.45. The van der Waals surface area contributed by atoms with Crippen molar-refractivity contribution in [1.29, 1.82) is 0 Å². The van der Waals surface area contributed by atoms with Crippen LogP contribution in [-0.2, 0) is 0 Å². The molecule has 3 aromatic carbocycles. The van der Waals surface area contributed by atoms with E-state index in [1.54, 1.807) is 11.8 Å². The Morgan fingerprint density at radius 2 is 1.59 bits per heavy atom. The largest absolute Gasteiger partial charge is 0.331 e. The Kier molecular flexibility index (Phi) is 5.93. The summed E-state index contributed by atoms with van der Waals surface area (Å²) >= 11 is 7.22. The summed E-state index contributed by atoms with van der Waals surface area (Å²) < 4.78 is 0. The second kappa shape index (κ2) is 8.76. The first-order chi connectivity index (χ1) is 14.1. The molecule has 29 heavy (non-hydrogen) atoms. The van der Waals surface area contributed by atoms with E-state index in [0.29, 0.717) is 5.11 Å². The predicted octanol–water partition coefficient (Wildman–Crippen LogP) is 6.97. The molecule has 4 heteroatoms. The van der Waals surface area contributed by atoms with Gasteiger partial charge in [-0.2, -0.15) is 0 Å². The van der Waals surface area contributed by atoms with E-state index in [1.165, 1.54) is 27.8 Å². The fourth-order valence-corrected chi connectivity index (χ4v) is 4.84. The highest BCUT2D eigenvalue weighted by molar-refractivity contribution is 8.17. The first kappa shape index (κ1) is 19.6. The number of rotatable bonds is 3. The van der Waals surface area contributed by atoms with Gasteiger partial charge in [-0.25, -0.2) is 4.99 Å². The van der Waals surface area contributed by atoms with E-state index in [-0.39, 0.29) is 5.92 Å². The molecule has 0 saturated heterocycles. The van der Waals surface area contributed by atoms with Crippen molar-refractivity contribution in [2.45, 2.75) is 19.8 Å². The molecule has 0 fully saturated rings. The monoisotopic (exact) mass is 414 g/mol. The number of para-hydroxylation sites is 1. The van der Waals surface area contributed by atoms with Gasteiger partial charge in [-0.3, -0.25) is 0 Å². The summed E-state index contributed by atoms with van der Waals surface area (Å²) in [7, 11) is 0. The van der Waals surface area contributed by atoms with Crippen molar-refractivity contribution in [2.75, 3.05) is 5.32 Å². The molecule has 3 aromatic rings.